The van der Waals surface area contributed by atoms with Gasteiger partial charge >= 0.3 is 6.18 Å². The van der Waals surface area contributed by atoms with Crippen molar-refractivity contribution in [3.8, 4) is 0 Å². The number of alkyl halides is 3. The molecule has 1 atom stereocenters. The maximum atomic E-state index is 13.2. The van der Waals surface area contributed by atoms with Crippen LogP contribution in [0.25, 0.3) is 0 Å². The van der Waals surface area contributed by atoms with Crippen LogP contribution in [0.15, 0.2) is 0 Å². The minimum absolute atomic E-state index is 0. The molecule has 1 aromatic rings. The van der Waals surface area contributed by atoms with Gasteiger partial charge in [-0.3, -0.25) is 0 Å². The monoisotopic (exact) mass is 329 g/mol. The standard InChI is InChI=1S/C10H7F8N.ClH/c11-5-4(3(19)1-2-10(16,17)18)6(12)8(14)9(15)7(5)13;/h3H,1-2,19H2;1H/t3-;/m1./s1. The smallest absolute Gasteiger partial charge is 0.324 e. The summed E-state index contributed by atoms with van der Waals surface area (Å²) >= 11 is 0. The fourth-order valence-electron chi connectivity index (χ4n) is 1.41. The van der Waals surface area contributed by atoms with E-state index < -0.39 is 59.7 Å². The van der Waals surface area contributed by atoms with Crippen molar-refractivity contribution in [2.45, 2.75) is 25.1 Å². The first-order valence-corrected chi connectivity index (χ1v) is 4.90. The van der Waals surface area contributed by atoms with E-state index in [0.717, 1.165) is 0 Å². The van der Waals surface area contributed by atoms with Gasteiger partial charge in [0.1, 0.15) is 0 Å². The second kappa shape index (κ2) is 6.57. The van der Waals surface area contributed by atoms with Crippen molar-refractivity contribution < 1.29 is 35.1 Å². The van der Waals surface area contributed by atoms with Crippen LogP contribution in [-0.2, 0) is 0 Å². The largest absolute Gasteiger partial charge is 0.389 e. The first kappa shape index (κ1) is 18.9. The minimum atomic E-state index is -4.65. The van der Waals surface area contributed by atoms with Gasteiger partial charge in [0.2, 0.25) is 5.82 Å². The fourth-order valence-corrected chi connectivity index (χ4v) is 1.41. The lowest BCUT2D eigenvalue weighted by Crippen LogP contribution is -2.20. The maximum Gasteiger partial charge on any atom is 0.389 e. The number of halogens is 9. The van der Waals surface area contributed by atoms with Crippen LogP contribution in [0.3, 0.4) is 0 Å². The van der Waals surface area contributed by atoms with E-state index in [2.05, 4.69) is 0 Å². The molecule has 0 aliphatic rings. The highest BCUT2D eigenvalue weighted by Crippen LogP contribution is 2.31. The number of benzene rings is 1. The predicted molar refractivity (Wildman–Crippen MR) is 55.7 cm³/mol. The second-order valence-electron chi connectivity index (χ2n) is 3.74. The molecule has 0 radical (unpaired) electrons. The Morgan fingerprint density at radius 1 is 0.800 bits per heavy atom. The Hall–Kier alpha value is -1.09. The van der Waals surface area contributed by atoms with Crippen LogP contribution in [-0.4, -0.2) is 6.18 Å². The predicted octanol–water partition coefficient (Wildman–Crippen LogP) is 4.15. The molecule has 0 bridgehead atoms. The van der Waals surface area contributed by atoms with Crippen LogP contribution in [0.5, 0.6) is 0 Å². The Labute approximate surface area is 114 Å². The van der Waals surface area contributed by atoms with E-state index >= 15 is 0 Å². The molecule has 0 spiro atoms. The summed E-state index contributed by atoms with van der Waals surface area (Å²) in [4.78, 5) is 0. The highest BCUT2D eigenvalue weighted by atomic mass is 35.5. The zero-order valence-electron chi connectivity index (χ0n) is 9.50. The van der Waals surface area contributed by atoms with Crippen molar-refractivity contribution in [3.05, 3.63) is 34.6 Å². The van der Waals surface area contributed by atoms with Gasteiger partial charge in [-0.15, -0.1) is 12.4 Å². The molecule has 1 nitrogen and oxygen atoms in total. The average molecular weight is 330 g/mol. The fraction of sp³-hybridized carbons (Fsp3) is 0.400. The van der Waals surface area contributed by atoms with Gasteiger partial charge in [-0.25, -0.2) is 22.0 Å². The van der Waals surface area contributed by atoms with E-state index in [0.29, 0.717) is 0 Å². The van der Waals surface area contributed by atoms with Crippen molar-refractivity contribution in [3.63, 3.8) is 0 Å². The Kier molecular flexibility index (Phi) is 6.22. The van der Waals surface area contributed by atoms with E-state index in [1.54, 1.807) is 0 Å². The van der Waals surface area contributed by atoms with E-state index in [1.807, 2.05) is 0 Å². The molecule has 0 fully saturated rings. The molecule has 116 valence electrons. The molecule has 10 heteroatoms. The first-order chi connectivity index (χ1) is 8.56. The van der Waals surface area contributed by atoms with E-state index in [9.17, 15) is 35.1 Å². The molecule has 0 aliphatic heterocycles. The van der Waals surface area contributed by atoms with Crippen LogP contribution in [0.2, 0.25) is 0 Å². The topological polar surface area (TPSA) is 26.0 Å². The van der Waals surface area contributed by atoms with Gasteiger partial charge in [0, 0.05) is 18.0 Å². The van der Waals surface area contributed by atoms with E-state index in [-0.39, 0.29) is 12.4 Å². The lowest BCUT2D eigenvalue weighted by atomic mass is 10.0. The third-order valence-corrected chi connectivity index (χ3v) is 2.35. The number of hydrogen-bond donors (Lipinski definition) is 1. The van der Waals surface area contributed by atoms with Gasteiger partial charge in [-0.2, -0.15) is 13.2 Å². The first-order valence-electron chi connectivity index (χ1n) is 4.90. The molecule has 0 aliphatic carbocycles. The maximum absolute atomic E-state index is 13.2. The van der Waals surface area contributed by atoms with Crippen LogP contribution >= 0.6 is 12.4 Å². The zero-order valence-corrected chi connectivity index (χ0v) is 10.3. The van der Waals surface area contributed by atoms with Gasteiger partial charge in [0.05, 0.1) is 0 Å². The summed E-state index contributed by atoms with van der Waals surface area (Å²) in [6, 6.07) is -1.95. The van der Waals surface area contributed by atoms with Crippen molar-refractivity contribution in [1.82, 2.24) is 0 Å². The summed E-state index contributed by atoms with van der Waals surface area (Å²) in [6.07, 6.45) is -7.16. The molecular weight excluding hydrogens is 322 g/mol. The molecule has 0 heterocycles. The molecule has 1 aromatic carbocycles. The van der Waals surface area contributed by atoms with Crippen molar-refractivity contribution in [2.24, 2.45) is 5.73 Å². The average Bonchev–Trinajstić information content (AvgIpc) is 2.31. The third-order valence-electron chi connectivity index (χ3n) is 2.35. The SMILES string of the molecule is Cl.N[C@H](CCC(F)(F)F)c1c(F)c(F)c(F)c(F)c1F. The number of rotatable bonds is 3. The van der Waals surface area contributed by atoms with Crippen molar-refractivity contribution in [2.75, 3.05) is 0 Å². The van der Waals surface area contributed by atoms with E-state index in [4.69, 9.17) is 5.73 Å². The molecule has 0 unspecified atom stereocenters. The Balaban J connectivity index is 0.00000361. The van der Waals surface area contributed by atoms with Crippen LogP contribution in [0.4, 0.5) is 35.1 Å². The number of nitrogens with two attached hydrogens (primary N) is 1. The van der Waals surface area contributed by atoms with Gasteiger partial charge < -0.3 is 5.73 Å². The summed E-state index contributed by atoms with van der Waals surface area (Å²) in [6.45, 7) is 0. The Morgan fingerprint density at radius 2 is 1.15 bits per heavy atom. The zero-order chi connectivity index (χ0) is 15.0. The highest BCUT2D eigenvalue weighted by molar-refractivity contribution is 5.85. The lowest BCUT2D eigenvalue weighted by Gasteiger charge is -2.16. The Bertz CT molecular complexity index is 458. The lowest BCUT2D eigenvalue weighted by molar-refractivity contribution is -0.136. The molecule has 1 rings (SSSR count). The summed E-state index contributed by atoms with van der Waals surface area (Å²) in [5.74, 6) is -11.3. The molecule has 0 aromatic heterocycles. The van der Waals surface area contributed by atoms with Gasteiger partial charge in [-0.1, -0.05) is 0 Å². The molecule has 20 heavy (non-hydrogen) atoms. The number of hydrogen-bond acceptors (Lipinski definition) is 1. The molecule has 0 saturated carbocycles. The van der Waals surface area contributed by atoms with E-state index in [1.165, 1.54) is 0 Å². The summed E-state index contributed by atoms with van der Waals surface area (Å²) in [5, 5.41) is 0. The summed E-state index contributed by atoms with van der Waals surface area (Å²) in [7, 11) is 0. The van der Waals surface area contributed by atoms with Gasteiger partial charge in [0.15, 0.2) is 23.3 Å². The molecule has 0 amide bonds. The second-order valence-corrected chi connectivity index (χ2v) is 3.74. The Morgan fingerprint density at radius 3 is 1.50 bits per heavy atom. The van der Waals surface area contributed by atoms with Crippen LogP contribution in [0, 0.1) is 29.1 Å². The molecular formula is C10H8ClF8N. The van der Waals surface area contributed by atoms with Crippen molar-refractivity contribution in [1.29, 1.82) is 0 Å². The van der Waals surface area contributed by atoms with Crippen molar-refractivity contribution >= 4 is 12.4 Å². The van der Waals surface area contributed by atoms with Gasteiger partial charge in [-0.05, 0) is 6.42 Å². The molecule has 0 saturated heterocycles. The van der Waals surface area contributed by atoms with Crippen LogP contribution < -0.4 is 5.73 Å². The normalized spacial score (nSPS) is 13.1. The minimum Gasteiger partial charge on any atom is -0.324 e. The third kappa shape index (κ3) is 3.95. The highest BCUT2D eigenvalue weighted by Gasteiger charge is 2.32. The molecule has 2 N–H and O–H groups in total. The summed E-state index contributed by atoms with van der Waals surface area (Å²) in [5.41, 5.74) is 3.61. The van der Waals surface area contributed by atoms with Gasteiger partial charge in [0.25, 0.3) is 0 Å². The quantitative estimate of drug-likeness (QED) is 0.503. The summed E-state index contributed by atoms with van der Waals surface area (Å²) < 4.78 is 100. The van der Waals surface area contributed by atoms with Crippen LogP contribution in [0.1, 0.15) is 24.4 Å².